The quantitative estimate of drug-likeness (QED) is 0.769. The zero-order chi connectivity index (χ0) is 22.7. The van der Waals surface area contributed by atoms with Gasteiger partial charge >= 0.3 is 5.69 Å². The number of rotatable bonds is 2. The Morgan fingerprint density at radius 3 is 2.32 bits per heavy atom. The summed E-state index contributed by atoms with van der Waals surface area (Å²) in [5.74, 6) is -0.671. The summed E-state index contributed by atoms with van der Waals surface area (Å²) in [6, 6.07) is 5.28. The van der Waals surface area contributed by atoms with Gasteiger partial charge in [-0.1, -0.05) is 26.0 Å². The summed E-state index contributed by atoms with van der Waals surface area (Å²) in [7, 11) is 2.97. The standard InChI is InChI=1S/C23H26FN3O4/c1-23(2)10-16(28)19(17(29)11-23)15-9-14(12-5-7-13(24)8-6-12)18-20(25-15)26(3)22(31)27(4)21(18)30/h5-8,14-15,25,28H,9-11H2,1-4H3. The summed E-state index contributed by atoms with van der Waals surface area (Å²) in [5, 5.41) is 13.9. The number of aliphatic hydroxyl groups is 1. The number of hydrogen-bond acceptors (Lipinski definition) is 5. The number of Topliss-reactive ketones (excluding diaryl/α,β-unsaturated/α-hetero) is 1. The molecule has 1 aliphatic heterocycles. The number of ketones is 1. The Morgan fingerprint density at radius 2 is 1.71 bits per heavy atom. The molecule has 2 N–H and O–H groups in total. The molecular formula is C23H26FN3O4. The van der Waals surface area contributed by atoms with Gasteiger partial charge in [-0.05, 0) is 29.5 Å². The Bertz CT molecular complexity index is 1220. The fourth-order valence-corrected chi connectivity index (χ4v) is 4.82. The van der Waals surface area contributed by atoms with Gasteiger partial charge in [0, 0.05) is 32.9 Å². The number of allylic oxidation sites excluding steroid dienone is 1. The lowest BCUT2D eigenvalue weighted by molar-refractivity contribution is -0.118. The Hall–Kier alpha value is -3.16. The Labute approximate surface area is 178 Å². The lowest BCUT2D eigenvalue weighted by Crippen LogP contribution is -2.46. The van der Waals surface area contributed by atoms with Gasteiger partial charge in [-0.25, -0.2) is 9.18 Å². The second-order valence-electron chi connectivity index (χ2n) is 9.31. The van der Waals surface area contributed by atoms with Gasteiger partial charge in [0.05, 0.1) is 17.2 Å². The van der Waals surface area contributed by atoms with Gasteiger partial charge in [0.2, 0.25) is 0 Å². The van der Waals surface area contributed by atoms with Crippen molar-refractivity contribution in [2.24, 2.45) is 19.5 Å². The smallest absolute Gasteiger partial charge is 0.332 e. The second kappa shape index (κ2) is 7.21. The van der Waals surface area contributed by atoms with Crippen molar-refractivity contribution in [2.75, 3.05) is 5.32 Å². The average Bonchev–Trinajstić information content (AvgIpc) is 2.69. The van der Waals surface area contributed by atoms with Crippen molar-refractivity contribution >= 4 is 11.6 Å². The maximum absolute atomic E-state index is 13.5. The van der Waals surface area contributed by atoms with E-state index in [4.69, 9.17) is 0 Å². The molecule has 0 amide bonds. The Balaban J connectivity index is 1.91. The molecule has 0 bridgehead atoms. The van der Waals surface area contributed by atoms with Crippen LogP contribution in [-0.2, 0) is 18.9 Å². The van der Waals surface area contributed by atoms with Crippen molar-refractivity contribution in [3.63, 3.8) is 0 Å². The van der Waals surface area contributed by atoms with Crippen molar-refractivity contribution in [1.82, 2.24) is 9.13 Å². The van der Waals surface area contributed by atoms with Gasteiger partial charge < -0.3 is 10.4 Å². The molecule has 8 heteroatoms. The summed E-state index contributed by atoms with van der Waals surface area (Å²) in [6.45, 7) is 3.85. The fraction of sp³-hybridized carbons (Fsp3) is 0.435. The average molecular weight is 427 g/mol. The number of aliphatic hydroxyl groups excluding tert-OH is 1. The molecular weight excluding hydrogens is 401 g/mol. The predicted molar refractivity (Wildman–Crippen MR) is 115 cm³/mol. The summed E-state index contributed by atoms with van der Waals surface area (Å²) in [6.07, 6.45) is 0.988. The first-order chi connectivity index (χ1) is 14.5. The van der Waals surface area contributed by atoms with E-state index in [0.29, 0.717) is 41.8 Å². The number of carbonyl (C=O) groups is 1. The molecule has 0 radical (unpaired) electrons. The molecule has 0 saturated carbocycles. The van der Waals surface area contributed by atoms with Crippen LogP contribution in [0.4, 0.5) is 10.2 Å². The first kappa shape index (κ1) is 21.1. The van der Waals surface area contributed by atoms with Gasteiger partial charge in [0.15, 0.2) is 5.78 Å². The third-order valence-electron chi connectivity index (χ3n) is 6.35. The van der Waals surface area contributed by atoms with Crippen LogP contribution in [0.1, 0.15) is 50.2 Å². The first-order valence-electron chi connectivity index (χ1n) is 10.3. The molecule has 0 spiro atoms. The maximum atomic E-state index is 13.5. The molecule has 0 fully saturated rings. The number of benzene rings is 1. The predicted octanol–water partition coefficient (Wildman–Crippen LogP) is 2.74. The molecule has 164 valence electrons. The maximum Gasteiger partial charge on any atom is 0.332 e. The Kier molecular flexibility index (Phi) is 4.91. The van der Waals surface area contributed by atoms with Crippen LogP contribution in [0, 0.1) is 11.2 Å². The van der Waals surface area contributed by atoms with Crippen molar-refractivity contribution in [3.8, 4) is 0 Å². The number of anilines is 1. The number of aromatic nitrogens is 2. The van der Waals surface area contributed by atoms with Crippen LogP contribution in [0.5, 0.6) is 0 Å². The molecule has 2 atom stereocenters. The highest BCUT2D eigenvalue weighted by Crippen LogP contribution is 2.42. The van der Waals surface area contributed by atoms with E-state index < -0.39 is 29.0 Å². The molecule has 1 aliphatic carbocycles. The van der Waals surface area contributed by atoms with Crippen LogP contribution >= 0.6 is 0 Å². The van der Waals surface area contributed by atoms with E-state index in [1.165, 1.54) is 23.7 Å². The van der Waals surface area contributed by atoms with Gasteiger partial charge in [-0.2, -0.15) is 0 Å². The summed E-state index contributed by atoms with van der Waals surface area (Å²) in [4.78, 5) is 38.5. The van der Waals surface area contributed by atoms with E-state index in [9.17, 15) is 23.9 Å². The molecule has 2 heterocycles. The number of nitrogens with one attached hydrogen (secondary N) is 1. The van der Waals surface area contributed by atoms with E-state index >= 15 is 0 Å². The van der Waals surface area contributed by atoms with Crippen molar-refractivity contribution in [3.05, 3.63) is 73.4 Å². The SMILES string of the molecule is Cn1c2c(c(=O)n(C)c1=O)C(c1ccc(F)cc1)CC(C1=C(O)CC(C)(C)CC1=O)N2. The molecule has 1 aromatic heterocycles. The van der Waals surface area contributed by atoms with E-state index in [1.807, 2.05) is 13.8 Å². The number of hydrogen-bond donors (Lipinski definition) is 2. The fourth-order valence-electron chi connectivity index (χ4n) is 4.82. The molecule has 0 saturated heterocycles. The number of carbonyl (C=O) groups excluding carboxylic acids is 1. The first-order valence-corrected chi connectivity index (χ1v) is 10.3. The van der Waals surface area contributed by atoms with Gasteiger partial charge in [-0.3, -0.25) is 18.7 Å². The molecule has 31 heavy (non-hydrogen) atoms. The molecule has 7 nitrogen and oxygen atoms in total. The minimum atomic E-state index is -0.580. The van der Waals surface area contributed by atoms with Crippen LogP contribution < -0.4 is 16.6 Å². The molecule has 4 rings (SSSR count). The lowest BCUT2D eigenvalue weighted by Gasteiger charge is -2.38. The van der Waals surface area contributed by atoms with Crippen LogP contribution in [0.25, 0.3) is 0 Å². The van der Waals surface area contributed by atoms with Crippen LogP contribution in [-0.4, -0.2) is 26.1 Å². The van der Waals surface area contributed by atoms with E-state index in [-0.39, 0.29) is 17.0 Å². The topological polar surface area (TPSA) is 93.3 Å². The van der Waals surface area contributed by atoms with E-state index in [0.717, 1.165) is 4.57 Å². The number of fused-ring (bicyclic) bond motifs is 1. The van der Waals surface area contributed by atoms with E-state index in [2.05, 4.69) is 5.32 Å². The van der Waals surface area contributed by atoms with Gasteiger partial charge in [0.1, 0.15) is 17.4 Å². The summed E-state index contributed by atoms with van der Waals surface area (Å²) >= 11 is 0. The zero-order valence-corrected chi connectivity index (χ0v) is 18.0. The summed E-state index contributed by atoms with van der Waals surface area (Å²) in [5.41, 5.74) is 0.114. The minimum absolute atomic E-state index is 0.0360. The third kappa shape index (κ3) is 3.49. The Morgan fingerprint density at radius 1 is 1.06 bits per heavy atom. The van der Waals surface area contributed by atoms with E-state index in [1.54, 1.807) is 19.2 Å². The zero-order valence-electron chi connectivity index (χ0n) is 18.0. The molecule has 2 aliphatic rings. The summed E-state index contributed by atoms with van der Waals surface area (Å²) < 4.78 is 15.9. The van der Waals surface area contributed by atoms with Gasteiger partial charge in [0.25, 0.3) is 5.56 Å². The van der Waals surface area contributed by atoms with Crippen LogP contribution in [0.3, 0.4) is 0 Å². The normalized spacial score (nSPS) is 22.8. The highest BCUT2D eigenvalue weighted by Gasteiger charge is 2.41. The van der Waals surface area contributed by atoms with Crippen molar-refractivity contribution in [1.29, 1.82) is 0 Å². The number of halogens is 1. The highest BCUT2D eigenvalue weighted by molar-refractivity contribution is 5.99. The van der Waals surface area contributed by atoms with Crippen LogP contribution in [0.2, 0.25) is 0 Å². The van der Waals surface area contributed by atoms with Gasteiger partial charge in [-0.15, -0.1) is 0 Å². The van der Waals surface area contributed by atoms with Crippen LogP contribution in [0.15, 0.2) is 45.2 Å². The number of nitrogens with zero attached hydrogens (tertiary/aromatic N) is 2. The van der Waals surface area contributed by atoms with Crippen molar-refractivity contribution in [2.45, 2.75) is 45.1 Å². The second-order valence-corrected chi connectivity index (χ2v) is 9.31. The largest absolute Gasteiger partial charge is 0.512 e. The molecule has 1 aromatic carbocycles. The third-order valence-corrected chi connectivity index (χ3v) is 6.35. The molecule has 2 unspecified atom stereocenters. The highest BCUT2D eigenvalue weighted by atomic mass is 19.1. The minimum Gasteiger partial charge on any atom is -0.512 e. The monoisotopic (exact) mass is 427 g/mol. The van der Waals surface area contributed by atoms with Crippen molar-refractivity contribution < 1.29 is 14.3 Å². The lowest BCUT2D eigenvalue weighted by atomic mass is 9.72. The molecule has 2 aromatic rings.